The molecule has 1 N–H and O–H groups in total. The zero-order valence-electron chi connectivity index (χ0n) is 10.7. The van der Waals surface area contributed by atoms with E-state index in [1.165, 1.54) is 32.1 Å². The Balaban J connectivity index is 1.95. The van der Waals surface area contributed by atoms with Gasteiger partial charge in [-0.15, -0.1) is 0 Å². The van der Waals surface area contributed by atoms with Crippen molar-refractivity contribution in [1.29, 1.82) is 0 Å². The summed E-state index contributed by atoms with van der Waals surface area (Å²) in [6, 6.07) is 0.413. The minimum atomic E-state index is 0.106. The lowest BCUT2D eigenvalue weighted by molar-refractivity contribution is -0.139. The topological polar surface area (TPSA) is 40.5 Å². The van der Waals surface area contributed by atoms with Crippen molar-refractivity contribution in [3.05, 3.63) is 0 Å². The van der Waals surface area contributed by atoms with E-state index in [1.54, 1.807) is 0 Å². The molecule has 2 aliphatic carbocycles. The van der Waals surface area contributed by atoms with E-state index in [0.29, 0.717) is 18.5 Å². The molecular weight excluding hydrogens is 214 g/mol. The van der Waals surface area contributed by atoms with Crippen LogP contribution in [0.15, 0.2) is 0 Å². The van der Waals surface area contributed by atoms with E-state index >= 15 is 0 Å². The Hall–Kier alpha value is -0.570. The van der Waals surface area contributed by atoms with Gasteiger partial charge < -0.3 is 10.0 Å². The molecule has 0 heterocycles. The molecular formula is C14H25NO2. The molecule has 2 aliphatic rings. The highest BCUT2D eigenvalue weighted by atomic mass is 16.3. The van der Waals surface area contributed by atoms with Gasteiger partial charge in [0.05, 0.1) is 6.61 Å². The fraction of sp³-hybridized carbons (Fsp3) is 0.929. The molecule has 0 aromatic carbocycles. The van der Waals surface area contributed by atoms with Crippen LogP contribution in [0.2, 0.25) is 0 Å². The lowest BCUT2D eigenvalue weighted by Gasteiger charge is -2.33. The third-order valence-electron chi connectivity index (χ3n) is 4.34. The smallest absolute Gasteiger partial charge is 0.226 e. The van der Waals surface area contributed by atoms with Gasteiger partial charge in [0, 0.05) is 18.5 Å². The number of aliphatic hydroxyl groups excluding tert-OH is 1. The van der Waals surface area contributed by atoms with E-state index in [0.717, 1.165) is 25.7 Å². The van der Waals surface area contributed by atoms with Crippen molar-refractivity contribution < 1.29 is 9.90 Å². The highest BCUT2D eigenvalue weighted by Gasteiger charge is 2.31. The highest BCUT2D eigenvalue weighted by Crippen LogP contribution is 2.29. The van der Waals surface area contributed by atoms with Crippen molar-refractivity contribution in [1.82, 2.24) is 4.90 Å². The summed E-state index contributed by atoms with van der Waals surface area (Å²) >= 11 is 0. The minimum absolute atomic E-state index is 0.106. The standard InChI is InChI=1S/C14H25NO2/c16-11-10-15(13-8-4-5-9-13)14(17)12-6-2-1-3-7-12/h12-13,16H,1-11H2. The van der Waals surface area contributed by atoms with Gasteiger partial charge in [-0.1, -0.05) is 32.1 Å². The Kier molecular flexibility index (Phi) is 4.84. The maximum absolute atomic E-state index is 12.5. The zero-order chi connectivity index (χ0) is 12.1. The van der Waals surface area contributed by atoms with Gasteiger partial charge in [0.1, 0.15) is 0 Å². The van der Waals surface area contributed by atoms with Crippen LogP contribution < -0.4 is 0 Å². The summed E-state index contributed by atoms with van der Waals surface area (Å²) in [6.07, 6.45) is 10.6. The molecule has 3 nitrogen and oxygen atoms in total. The summed E-state index contributed by atoms with van der Waals surface area (Å²) in [5, 5.41) is 9.15. The van der Waals surface area contributed by atoms with Crippen LogP contribution in [0.25, 0.3) is 0 Å². The van der Waals surface area contributed by atoms with Crippen molar-refractivity contribution >= 4 is 5.91 Å². The SMILES string of the molecule is O=C(C1CCCCC1)N(CCO)C1CCCC1. The van der Waals surface area contributed by atoms with Gasteiger partial charge in [0.15, 0.2) is 0 Å². The molecule has 3 heteroatoms. The molecule has 0 spiro atoms. The first-order chi connectivity index (χ1) is 8.33. The van der Waals surface area contributed by atoms with Crippen molar-refractivity contribution in [3.63, 3.8) is 0 Å². The molecule has 0 aliphatic heterocycles. The summed E-state index contributed by atoms with van der Waals surface area (Å²) in [4.78, 5) is 14.5. The predicted octanol–water partition coefficient (Wildman–Crippen LogP) is 2.33. The summed E-state index contributed by atoms with van der Waals surface area (Å²) < 4.78 is 0. The van der Waals surface area contributed by atoms with Gasteiger partial charge in [-0.3, -0.25) is 4.79 Å². The van der Waals surface area contributed by atoms with E-state index in [9.17, 15) is 4.79 Å². The van der Waals surface area contributed by atoms with Crippen LogP contribution in [-0.4, -0.2) is 35.1 Å². The quantitative estimate of drug-likeness (QED) is 0.818. The van der Waals surface area contributed by atoms with Gasteiger partial charge in [0.25, 0.3) is 0 Å². The van der Waals surface area contributed by atoms with E-state index in [-0.39, 0.29) is 12.5 Å². The average molecular weight is 239 g/mol. The second-order valence-corrected chi connectivity index (χ2v) is 5.53. The second kappa shape index (κ2) is 6.39. The predicted molar refractivity (Wildman–Crippen MR) is 67.6 cm³/mol. The fourth-order valence-electron chi connectivity index (χ4n) is 3.38. The Morgan fingerprint density at radius 1 is 1.00 bits per heavy atom. The molecule has 0 radical (unpaired) electrons. The molecule has 1 amide bonds. The summed E-state index contributed by atoms with van der Waals surface area (Å²) in [6.45, 7) is 0.648. The molecule has 0 aromatic rings. The molecule has 98 valence electrons. The number of nitrogens with zero attached hydrogens (tertiary/aromatic N) is 1. The largest absolute Gasteiger partial charge is 0.395 e. The first-order valence-corrected chi connectivity index (χ1v) is 7.24. The maximum atomic E-state index is 12.5. The van der Waals surface area contributed by atoms with Crippen LogP contribution in [0.3, 0.4) is 0 Å². The van der Waals surface area contributed by atoms with Gasteiger partial charge in [-0.25, -0.2) is 0 Å². The van der Waals surface area contributed by atoms with Crippen LogP contribution in [0.1, 0.15) is 57.8 Å². The number of amides is 1. The molecule has 0 aromatic heterocycles. The number of hydrogen-bond acceptors (Lipinski definition) is 2. The molecule has 17 heavy (non-hydrogen) atoms. The summed E-state index contributed by atoms with van der Waals surface area (Å²) in [5.74, 6) is 0.571. The number of carbonyl (C=O) groups is 1. The van der Waals surface area contributed by atoms with Gasteiger partial charge in [-0.05, 0) is 25.7 Å². The van der Waals surface area contributed by atoms with Crippen LogP contribution in [-0.2, 0) is 4.79 Å². The first-order valence-electron chi connectivity index (χ1n) is 7.24. The molecule has 0 unspecified atom stereocenters. The van der Waals surface area contributed by atoms with Crippen LogP contribution in [0, 0.1) is 5.92 Å². The van der Waals surface area contributed by atoms with Crippen molar-refractivity contribution in [2.75, 3.05) is 13.2 Å². The van der Waals surface area contributed by atoms with E-state index < -0.39 is 0 Å². The Labute approximate surface area is 104 Å². The average Bonchev–Trinajstić information content (AvgIpc) is 2.90. The lowest BCUT2D eigenvalue weighted by Crippen LogP contribution is -2.44. The molecule has 2 fully saturated rings. The van der Waals surface area contributed by atoms with Gasteiger partial charge >= 0.3 is 0 Å². The number of rotatable bonds is 4. The zero-order valence-corrected chi connectivity index (χ0v) is 10.7. The van der Waals surface area contributed by atoms with E-state index in [4.69, 9.17) is 5.11 Å². The Bertz CT molecular complexity index is 243. The highest BCUT2D eigenvalue weighted by molar-refractivity contribution is 5.79. The molecule has 2 rings (SSSR count). The van der Waals surface area contributed by atoms with E-state index in [2.05, 4.69) is 0 Å². The number of aliphatic hydroxyl groups is 1. The normalized spacial score (nSPS) is 22.9. The molecule has 0 saturated heterocycles. The minimum Gasteiger partial charge on any atom is -0.395 e. The summed E-state index contributed by atoms with van der Waals surface area (Å²) in [5.41, 5.74) is 0. The molecule has 2 saturated carbocycles. The molecule has 0 bridgehead atoms. The van der Waals surface area contributed by atoms with Gasteiger partial charge in [-0.2, -0.15) is 0 Å². The lowest BCUT2D eigenvalue weighted by atomic mass is 9.88. The monoisotopic (exact) mass is 239 g/mol. The summed E-state index contributed by atoms with van der Waals surface area (Å²) in [7, 11) is 0. The van der Waals surface area contributed by atoms with Crippen molar-refractivity contribution in [2.24, 2.45) is 5.92 Å². The first kappa shape index (κ1) is 12.9. The third kappa shape index (κ3) is 3.21. The van der Waals surface area contributed by atoms with Crippen LogP contribution in [0.5, 0.6) is 0 Å². The van der Waals surface area contributed by atoms with Crippen molar-refractivity contribution in [2.45, 2.75) is 63.8 Å². The maximum Gasteiger partial charge on any atom is 0.226 e. The molecule has 0 atom stereocenters. The fourth-order valence-corrected chi connectivity index (χ4v) is 3.38. The number of carbonyl (C=O) groups excluding carboxylic acids is 1. The third-order valence-corrected chi connectivity index (χ3v) is 4.34. The second-order valence-electron chi connectivity index (χ2n) is 5.53. The van der Waals surface area contributed by atoms with E-state index in [1.807, 2.05) is 4.90 Å². The Morgan fingerprint density at radius 2 is 1.59 bits per heavy atom. The van der Waals surface area contributed by atoms with Gasteiger partial charge in [0.2, 0.25) is 5.91 Å². The Morgan fingerprint density at radius 3 is 2.18 bits per heavy atom. The van der Waals surface area contributed by atoms with Crippen LogP contribution >= 0.6 is 0 Å². The van der Waals surface area contributed by atoms with Crippen molar-refractivity contribution in [3.8, 4) is 0 Å². The number of hydrogen-bond donors (Lipinski definition) is 1. The van der Waals surface area contributed by atoms with Crippen LogP contribution in [0.4, 0.5) is 0 Å².